The molecule has 1 atom stereocenters. The van der Waals surface area contributed by atoms with Gasteiger partial charge in [-0.1, -0.05) is 42.5 Å². The number of anilines is 1. The van der Waals surface area contributed by atoms with Crippen LogP contribution in [0.1, 0.15) is 12.0 Å². The van der Waals surface area contributed by atoms with E-state index >= 15 is 0 Å². The molecule has 0 bridgehead atoms. The fourth-order valence-electron chi connectivity index (χ4n) is 2.78. The number of hydrogen-bond acceptors (Lipinski definition) is 5. The number of nitrogens with one attached hydrogen (secondary N) is 1. The number of nitrogens with zero attached hydrogens (tertiary/aromatic N) is 3. The average molecular weight is 386 g/mol. The Bertz CT molecular complexity index is 943. The molecule has 0 radical (unpaired) electrons. The Kier molecular flexibility index (Phi) is 7.92. The minimum Gasteiger partial charge on any atom is -0.550 e. The molecule has 0 fully saturated rings. The van der Waals surface area contributed by atoms with Crippen LogP contribution in [0.25, 0.3) is 11.4 Å². The van der Waals surface area contributed by atoms with E-state index in [2.05, 4.69) is 15.4 Å². The van der Waals surface area contributed by atoms with Gasteiger partial charge in [0.25, 0.3) is 0 Å². The molecule has 28 heavy (non-hydrogen) atoms. The molecule has 7 nitrogen and oxygen atoms in total. The molecule has 2 aromatic carbocycles. The standard InChI is InChI=1S/C20H20N4O3.Na/c1-24-13-21-19(23-24)15-8-5-9-17(11-15)22-18(25)12-16(20(26)27)10-14-6-3-2-4-7-14;/h2-9,11,13,16H,10,12H2,1H3,(H,22,25)(H,26,27);/q;+1/p-1. The number of carbonyl (C=O) groups excluding carboxylic acids is 2. The molecule has 0 saturated carbocycles. The molecular formula is C20H19N4NaO3. The Morgan fingerprint density at radius 1 is 1.14 bits per heavy atom. The minimum absolute atomic E-state index is 0. The summed E-state index contributed by atoms with van der Waals surface area (Å²) in [5.74, 6) is -1.97. The first kappa shape index (κ1) is 21.8. The van der Waals surface area contributed by atoms with E-state index in [-0.39, 0.29) is 48.3 Å². The Labute approximate surface area is 185 Å². The van der Waals surface area contributed by atoms with Gasteiger partial charge >= 0.3 is 29.6 Å². The first-order valence-electron chi connectivity index (χ1n) is 8.52. The van der Waals surface area contributed by atoms with Crippen molar-refractivity contribution in [2.75, 3.05) is 5.32 Å². The SMILES string of the molecule is Cn1cnc(-c2cccc(NC(=O)CC(Cc3ccccc3)C(=O)[O-])c2)n1.[Na+]. The summed E-state index contributed by atoms with van der Waals surface area (Å²) in [5.41, 5.74) is 2.17. The van der Waals surface area contributed by atoms with Crippen molar-refractivity contribution < 1.29 is 44.3 Å². The van der Waals surface area contributed by atoms with Crippen molar-refractivity contribution in [3.63, 3.8) is 0 Å². The normalized spacial score (nSPS) is 11.3. The smallest absolute Gasteiger partial charge is 0.550 e. The number of carboxylic acid groups (broad SMARTS) is 1. The molecule has 8 heteroatoms. The molecule has 0 saturated heterocycles. The molecule has 3 rings (SSSR count). The van der Waals surface area contributed by atoms with Crippen LogP contribution in [-0.2, 0) is 23.1 Å². The van der Waals surface area contributed by atoms with Crippen LogP contribution in [0.5, 0.6) is 0 Å². The number of carbonyl (C=O) groups is 2. The number of amides is 1. The Balaban J connectivity index is 0.00000280. The fourth-order valence-corrected chi connectivity index (χ4v) is 2.78. The number of carboxylic acids is 1. The van der Waals surface area contributed by atoms with Crippen molar-refractivity contribution in [1.82, 2.24) is 14.8 Å². The van der Waals surface area contributed by atoms with Gasteiger partial charge in [-0.3, -0.25) is 9.48 Å². The first-order chi connectivity index (χ1) is 13.0. The third-order valence-electron chi connectivity index (χ3n) is 4.09. The number of aromatic nitrogens is 3. The Morgan fingerprint density at radius 3 is 2.54 bits per heavy atom. The average Bonchev–Trinajstić information content (AvgIpc) is 3.08. The van der Waals surface area contributed by atoms with Gasteiger partial charge in [-0.05, 0) is 24.1 Å². The van der Waals surface area contributed by atoms with Crippen LogP contribution < -0.4 is 40.0 Å². The van der Waals surface area contributed by atoms with Crippen molar-refractivity contribution in [3.8, 4) is 11.4 Å². The number of hydrogen-bond donors (Lipinski definition) is 1. The molecule has 1 N–H and O–H groups in total. The maximum absolute atomic E-state index is 12.3. The summed E-state index contributed by atoms with van der Waals surface area (Å²) < 4.78 is 1.59. The number of rotatable bonds is 7. The van der Waals surface area contributed by atoms with E-state index in [0.29, 0.717) is 11.5 Å². The predicted octanol–water partition coefficient (Wildman–Crippen LogP) is -1.58. The summed E-state index contributed by atoms with van der Waals surface area (Å²) >= 11 is 0. The van der Waals surface area contributed by atoms with Crippen LogP contribution in [0.4, 0.5) is 5.69 Å². The summed E-state index contributed by atoms with van der Waals surface area (Å²) in [4.78, 5) is 27.9. The largest absolute Gasteiger partial charge is 1.00 e. The van der Waals surface area contributed by atoms with Crippen LogP contribution in [0.3, 0.4) is 0 Å². The van der Waals surface area contributed by atoms with Crippen LogP contribution in [0.15, 0.2) is 60.9 Å². The fraction of sp³-hybridized carbons (Fsp3) is 0.200. The van der Waals surface area contributed by atoms with Gasteiger partial charge in [0.05, 0.1) is 0 Å². The van der Waals surface area contributed by atoms with Crippen molar-refractivity contribution >= 4 is 17.6 Å². The third-order valence-corrected chi connectivity index (χ3v) is 4.09. The van der Waals surface area contributed by atoms with Gasteiger partial charge in [0.2, 0.25) is 5.91 Å². The second kappa shape index (κ2) is 10.2. The van der Waals surface area contributed by atoms with E-state index in [1.807, 2.05) is 36.4 Å². The maximum Gasteiger partial charge on any atom is 1.00 e. The first-order valence-corrected chi connectivity index (χ1v) is 8.52. The summed E-state index contributed by atoms with van der Waals surface area (Å²) in [6, 6.07) is 16.3. The van der Waals surface area contributed by atoms with Crippen LogP contribution >= 0.6 is 0 Å². The van der Waals surface area contributed by atoms with E-state index < -0.39 is 11.9 Å². The number of aryl methyl sites for hydroxylation is 1. The second-order valence-corrected chi connectivity index (χ2v) is 6.28. The Hall–Kier alpha value is -2.48. The van der Waals surface area contributed by atoms with Crippen molar-refractivity contribution in [2.24, 2.45) is 13.0 Å². The molecule has 1 amide bonds. The summed E-state index contributed by atoms with van der Waals surface area (Å²) in [6.45, 7) is 0. The second-order valence-electron chi connectivity index (χ2n) is 6.28. The quantitative estimate of drug-likeness (QED) is 0.494. The molecule has 0 spiro atoms. The van der Waals surface area contributed by atoms with Crippen molar-refractivity contribution in [2.45, 2.75) is 12.8 Å². The van der Waals surface area contributed by atoms with Crippen molar-refractivity contribution in [1.29, 1.82) is 0 Å². The molecule has 0 aliphatic heterocycles. The summed E-state index contributed by atoms with van der Waals surface area (Å²) in [7, 11) is 1.77. The van der Waals surface area contributed by atoms with E-state index in [4.69, 9.17) is 0 Å². The van der Waals surface area contributed by atoms with Crippen LogP contribution in [0, 0.1) is 5.92 Å². The predicted molar refractivity (Wildman–Crippen MR) is 98.3 cm³/mol. The van der Waals surface area contributed by atoms with Crippen LogP contribution in [0.2, 0.25) is 0 Å². The maximum atomic E-state index is 12.3. The number of benzene rings is 2. The summed E-state index contributed by atoms with van der Waals surface area (Å²) in [6.07, 6.45) is 1.67. The van der Waals surface area contributed by atoms with Gasteiger partial charge in [0, 0.05) is 36.6 Å². The third kappa shape index (κ3) is 6.02. The van der Waals surface area contributed by atoms with E-state index in [0.717, 1.165) is 11.1 Å². The molecule has 1 aromatic heterocycles. The van der Waals surface area contributed by atoms with Gasteiger partial charge in [-0.15, -0.1) is 0 Å². The monoisotopic (exact) mass is 386 g/mol. The zero-order chi connectivity index (χ0) is 19.2. The molecule has 1 unspecified atom stereocenters. The van der Waals surface area contributed by atoms with E-state index in [9.17, 15) is 14.7 Å². The van der Waals surface area contributed by atoms with Crippen LogP contribution in [-0.4, -0.2) is 26.6 Å². The van der Waals surface area contributed by atoms with E-state index in [1.165, 1.54) is 0 Å². The van der Waals surface area contributed by atoms with Gasteiger partial charge in [0.15, 0.2) is 5.82 Å². The molecule has 138 valence electrons. The van der Waals surface area contributed by atoms with Gasteiger partial charge < -0.3 is 15.2 Å². The van der Waals surface area contributed by atoms with Gasteiger partial charge in [0.1, 0.15) is 6.33 Å². The zero-order valence-electron chi connectivity index (χ0n) is 15.8. The van der Waals surface area contributed by atoms with E-state index in [1.54, 1.807) is 36.3 Å². The topological polar surface area (TPSA) is 99.9 Å². The number of aliphatic carboxylic acids is 1. The molecular weight excluding hydrogens is 367 g/mol. The zero-order valence-corrected chi connectivity index (χ0v) is 17.8. The Morgan fingerprint density at radius 2 is 1.89 bits per heavy atom. The van der Waals surface area contributed by atoms with Crippen molar-refractivity contribution in [3.05, 3.63) is 66.5 Å². The van der Waals surface area contributed by atoms with Gasteiger partial charge in [-0.2, -0.15) is 5.10 Å². The minimum atomic E-state index is -1.24. The molecule has 1 heterocycles. The molecule has 3 aromatic rings. The van der Waals surface area contributed by atoms with Gasteiger partial charge in [-0.25, -0.2) is 4.98 Å². The summed E-state index contributed by atoms with van der Waals surface area (Å²) in [5, 5.41) is 18.4. The molecule has 0 aliphatic rings. The molecule has 0 aliphatic carbocycles.